The summed E-state index contributed by atoms with van der Waals surface area (Å²) in [5.41, 5.74) is 0. The van der Waals surface area contributed by atoms with E-state index in [-0.39, 0.29) is 30.4 Å². The fourth-order valence-corrected chi connectivity index (χ4v) is 3.80. The number of nitrogens with zero attached hydrogens (tertiary/aromatic N) is 2. The molecule has 0 saturated carbocycles. The van der Waals surface area contributed by atoms with E-state index in [9.17, 15) is 4.79 Å². The first-order chi connectivity index (χ1) is 12.5. The molecule has 152 valence electrons. The molecule has 0 radical (unpaired) electrons. The molecule has 0 bridgehead atoms. The summed E-state index contributed by atoms with van der Waals surface area (Å²) < 4.78 is 17.4. The third-order valence-corrected chi connectivity index (χ3v) is 5.25. The summed E-state index contributed by atoms with van der Waals surface area (Å²) in [6.07, 6.45) is 5.10. The third kappa shape index (κ3) is 6.78. The maximum absolute atomic E-state index is 12.0. The van der Waals surface area contributed by atoms with E-state index in [1.54, 1.807) is 7.11 Å². The highest BCUT2D eigenvalue weighted by Crippen LogP contribution is 2.26. The normalized spacial score (nSPS) is 30.5. The number of hydrogen-bond acceptors (Lipinski definition) is 6. The lowest BCUT2D eigenvalue weighted by Crippen LogP contribution is -2.55. The quantitative estimate of drug-likeness (QED) is 0.612. The number of methoxy groups -OCH3 is 1. The molecule has 4 atom stereocenters. The maximum atomic E-state index is 12.0. The first kappa shape index (κ1) is 21.6. The minimum atomic E-state index is -0.347. The van der Waals surface area contributed by atoms with Gasteiger partial charge in [0.1, 0.15) is 6.10 Å². The van der Waals surface area contributed by atoms with Crippen LogP contribution in [0.2, 0.25) is 0 Å². The fourth-order valence-electron chi connectivity index (χ4n) is 3.80. The van der Waals surface area contributed by atoms with Crippen LogP contribution in [0.15, 0.2) is 0 Å². The number of carbonyl (C=O) groups is 1. The highest BCUT2D eigenvalue weighted by atomic mass is 16.7. The minimum Gasteiger partial charge on any atom is -0.371 e. The second kappa shape index (κ2) is 11.2. The van der Waals surface area contributed by atoms with Crippen LogP contribution in [-0.4, -0.2) is 94.2 Å². The zero-order valence-corrected chi connectivity index (χ0v) is 16.9. The fraction of sp³-hybridized carbons (Fsp3) is 0.947. The van der Waals surface area contributed by atoms with Gasteiger partial charge in [-0.05, 0) is 59.8 Å². The van der Waals surface area contributed by atoms with Crippen molar-refractivity contribution >= 4 is 5.91 Å². The number of likely N-dealkylation sites (N-methyl/N-ethyl adjacent to an activating group) is 1. The maximum Gasteiger partial charge on any atom is 0.234 e. The molecule has 7 heteroatoms. The molecule has 2 saturated heterocycles. The number of likely N-dealkylation sites (tertiary alicyclic amines) is 1. The Bertz CT molecular complexity index is 416. The first-order valence-corrected chi connectivity index (χ1v) is 9.96. The summed E-state index contributed by atoms with van der Waals surface area (Å²) >= 11 is 0. The molecule has 0 spiro atoms. The number of amides is 1. The van der Waals surface area contributed by atoms with E-state index in [4.69, 9.17) is 14.2 Å². The number of rotatable bonds is 9. The molecule has 0 unspecified atom stereocenters. The summed E-state index contributed by atoms with van der Waals surface area (Å²) in [6.45, 7) is 5.89. The van der Waals surface area contributed by atoms with E-state index in [1.165, 1.54) is 19.3 Å². The van der Waals surface area contributed by atoms with Crippen molar-refractivity contribution in [2.24, 2.45) is 0 Å². The van der Waals surface area contributed by atoms with E-state index < -0.39 is 0 Å². The molecule has 0 aromatic carbocycles. The van der Waals surface area contributed by atoms with Crippen molar-refractivity contribution in [1.29, 1.82) is 0 Å². The molecule has 0 aliphatic carbocycles. The van der Waals surface area contributed by atoms with Crippen LogP contribution in [0.4, 0.5) is 0 Å². The van der Waals surface area contributed by atoms with Crippen LogP contribution in [0, 0.1) is 0 Å². The number of nitrogens with one attached hydrogen (secondary N) is 1. The average Bonchev–Trinajstić information content (AvgIpc) is 2.62. The molecule has 2 heterocycles. The van der Waals surface area contributed by atoms with Gasteiger partial charge in [-0.3, -0.25) is 9.69 Å². The lowest BCUT2D eigenvalue weighted by molar-refractivity contribution is -0.254. The Kier molecular flexibility index (Phi) is 9.28. The van der Waals surface area contributed by atoms with Crippen molar-refractivity contribution in [3.63, 3.8) is 0 Å². The predicted octanol–water partition coefficient (Wildman–Crippen LogP) is 1.08. The number of carbonyl (C=O) groups excluding carboxylic acids is 1. The zero-order valence-electron chi connectivity index (χ0n) is 16.9. The molecule has 7 nitrogen and oxygen atoms in total. The van der Waals surface area contributed by atoms with Crippen molar-refractivity contribution < 1.29 is 19.0 Å². The predicted molar refractivity (Wildman–Crippen MR) is 101 cm³/mol. The topological polar surface area (TPSA) is 63.3 Å². The third-order valence-electron chi connectivity index (χ3n) is 5.25. The van der Waals surface area contributed by atoms with Crippen molar-refractivity contribution in [1.82, 2.24) is 15.1 Å². The van der Waals surface area contributed by atoms with Gasteiger partial charge in [-0.2, -0.15) is 0 Å². The Morgan fingerprint density at radius 1 is 1.27 bits per heavy atom. The molecule has 2 aliphatic heterocycles. The van der Waals surface area contributed by atoms with Gasteiger partial charge in [-0.1, -0.05) is 6.42 Å². The molecule has 26 heavy (non-hydrogen) atoms. The molecule has 1 N–H and O–H groups in total. The number of ether oxygens (including phenoxy) is 3. The molecule has 0 aromatic rings. The Labute approximate surface area is 158 Å². The van der Waals surface area contributed by atoms with Crippen molar-refractivity contribution in [2.45, 2.75) is 63.6 Å². The van der Waals surface area contributed by atoms with Crippen molar-refractivity contribution in [3.05, 3.63) is 0 Å². The molecule has 1 amide bonds. The first-order valence-electron chi connectivity index (χ1n) is 9.96. The average molecular weight is 372 g/mol. The molecule has 0 aromatic heterocycles. The summed E-state index contributed by atoms with van der Waals surface area (Å²) in [5.74, 6) is 0.114. The van der Waals surface area contributed by atoms with Gasteiger partial charge in [0.05, 0.1) is 12.6 Å². The summed E-state index contributed by atoms with van der Waals surface area (Å²) in [6, 6.07) is 0.261. The second-order valence-electron chi connectivity index (χ2n) is 7.69. The van der Waals surface area contributed by atoms with Gasteiger partial charge in [-0.15, -0.1) is 0 Å². The monoisotopic (exact) mass is 371 g/mol. The SMILES string of the molecule is CO[C@@H]1O[C@H](C)C[C@H](N(C)C)[C@H]1OCCCNC(=O)CN1CCCCC1. The van der Waals surface area contributed by atoms with Gasteiger partial charge in [0.2, 0.25) is 5.91 Å². The highest BCUT2D eigenvalue weighted by molar-refractivity contribution is 5.77. The zero-order chi connectivity index (χ0) is 18.9. The van der Waals surface area contributed by atoms with E-state index in [2.05, 4.69) is 36.1 Å². The molecule has 2 fully saturated rings. The lowest BCUT2D eigenvalue weighted by Gasteiger charge is -2.42. The molecular formula is C19H37N3O4. The van der Waals surface area contributed by atoms with Gasteiger partial charge >= 0.3 is 0 Å². The van der Waals surface area contributed by atoms with Gasteiger partial charge in [-0.25, -0.2) is 0 Å². The van der Waals surface area contributed by atoms with Gasteiger partial charge in [0.25, 0.3) is 0 Å². The molecule has 2 aliphatic rings. The van der Waals surface area contributed by atoms with Crippen LogP contribution < -0.4 is 5.32 Å². The Morgan fingerprint density at radius 3 is 2.65 bits per heavy atom. The Balaban J connectivity index is 1.66. The highest BCUT2D eigenvalue weighted by Gasteiger charge is 2.39. The number of hydrogen-bond donors (Lipinski definition) is 1. The van der Waals surface area contributed by atoms with E-state index in [0.29, 0.717) is 19.7 Å². The largest absolute Gasteiger partial charge is 0.371 e. The summed E-state index contributed by atoms with van der Waals surface area (Å²) in [4.78, 5) is 16.4. The van der Waals surface area contributed by atoms with Gasteiger partial charge in [0, 0.05) is 26.3 Å². The summed E-state index contributed by atoms with van der Waals surface area (Å²) in [7, 11) is 5.78. The molecular weight excluding hydrogens is 334 g/mol. The lowest BCUT2D eigenvalue weighted by atomic mass is 9.99. The number of piperidine rings is 1. The van der Waals surface area contributed by atoms with Crippen LogP contribution >= 0.6 is 0 Å². The van der Waals surface area contributed by atoms with Gasteiger partial charge in [0.15, 0.2) is 6.29 Å². The summed E-state index contributed by atoms with van der Waals surface area (Å²) in [5, 5.41) is 3.00. The smallest absolute Gasteiger partial charge is 0.234 e. The van der Waals surface area contributed by atoms with Crippen molar-refractivity contribution in [2.75, 3.05) is 54.0 Å². The van der Waals surface area contributed by atoms with E-state index in [1.807, 2.05) is 0 Å². The van der Waals surface area contributed by atoms with Gasteiger partial charge < -0.3 is 24.4 Å². The van der Waals surface area contributed by atoms with Crippen LogP contribution in [0.5, 0.6) is 0 Å². The van der Waals surface area contributed by atoms with E-state index >= 15 is 0 Å². The van der Waals surface area contributed by atoms with Crippen LogP contribution in [0.25, 0.3) is 0 Å². The van der Waals surface area contributed by atoms with Crippen LogP contribution in [0.1, 0.15) is 39.0 Å². The molecule has 2 rings (SSSR count). The van der Waals surface area contributed by atoms with E-state index in [0.717, 1.165) is 25.9 Å². The Morgan fingerprint density at radius 2 is 2.00 bits per heavy atom. The van der Waals surface area contributed by atoms with Crippen LogP contribution in [-0.2, 0) is 19.0 Å². The Hall–Kier alpha value is -0.730. The van der Waals surface area contributed by atoms with Crippen molar-refractivity contribution in [3.8, 4) is 0 Å². The standard InChI is InChI=1S/C19H37N3O4/c1-15-13-16(21(2)3)18(19(24-4)26-15)25-12-8-9-20-17(23)14-22-10-6-5-7-11-22/h15-16,18-19H,5-14H2,1-4H3,(H,20,23)/t15-,16+,18-,19-/m1/s1. The minimum absolute atomic E-state index is 0.114. The van der Waals surface area contributed by atoms with Crippen LogP contribution in [0.3, 0.4) is 0 Å². The second-order valence-corrected chi connectivity index (χ2v) is 7.69.